The monoisotopic (exact) mass is 401 g/mol. The summed E-state index contributed by atoms with van der Waals surface area (Å²) in [4.78, 5) is 0.140. The minimum absolute atomic E-state index is 0.0928. The Hall–Kier alpha value is -3.06. The summed E-state index contributed by atoms with van der Waals surface area (Å²) in [6.45, 7) is -0.0928. The molecule has 0 saturated heterocycles. The lowest BCUT2D eigenvalue weighted by molar-refractivity contribution is 0.408. The Balaban J connectivity index is 2.10. The van der Waals surface area contributed by atoms with Gasteiger partial charge in [0.1, 0.15) is 17.3 Å². The van der Waals surface area contributed by atoms with Crippen LogP contribution in [0, 0.1) is 5.82 Å². The molecule has 0 aromatic heterocycles. The van der Waals surface area contributed by atoms with Crippen LogP contribution in [0.3, 0.4) is 0 Å². The first-order chi connectivity index (χ1) is 13.5. The molecule has 3 rings (SSSR count). The zero-order chi connectivity index (χ0) is 20.1. The molecule has 0 atom stereocenters. The van der Waals surface area contributed by atoms with E-state index in [4.69, 9.17) is 9.47 Å². The number of nitrogens with zero attached hydrogens (tertiary/aromatic N) is 1. The first kappa shape index (κ1) is 19.7. The van der Waals surface area contributed by atoms with Crippen molar-refractivity contribution in [1.29, 1.82) is 0 Å². The number of benzene rings is 3. The van der Waals surface area contributed by atoms with Gasteiger partial charge in [-0.1, -0.05) is 18.2 Å². The third-order valence-corrected chi connectivity index (χ3v) is 6.04. The molecule has 0 N–H and O–H groups in total. The lowest BCUT2D eigenvalue weighted by Gasteiger charge is -2.25. The maximum atomic E-state index is 13.8. The summed E-state index contributed by atoms with van der Waals surface area (Å²) in [6.07, 6.45) is 0. The number of sulfonamides is 1. The van der Waals surface area contributed by atoms with Gasteiger partial charge >= 0.3 is 0 Å². The maximum Gasteiger partial charge on any atom is 0.264 e. The number of methoxy groups -OCH3 is 2. The molecule has 0 fully saturated rings. The SMILES string of the molecule is COc1ccc(N(Cc2cc(F)ccc2OC)S(=O)(=O)c2ccccc2)cc1. The summed E-state index contributed by atoms with van der Waals surface area (Å²) in [5.74, 6) is 0.537. The molecule has 0 unspecified atom stereocenters. The number of anilines is 1. The van der Waals surface area contributed by atoms with Crippen LogP contribution in [0.2, 0.25) is 0 Å². The van der Waals surface area contributed by atoms with Gasteiger partial charge in [-0.3, -0.25) is 4.31 Å². The number of halogens is 1. The molecule has 0 spiro atoms. The van der Waals surface area contributed by atoms with Gasteiger partial charge < -0.3 is 9.47 Å². The van der Waals surface area contributed by atoms with Gasteiger partial charge in [-0.05, 0) is 54.6 Å². The minimum atomic E-state index is -3.90. The molecule has 0 radical (unpaired) electrons. The van der Waals surface area contributed by atoms with Crippen molar-refractivity contribution in [3.8, 4) is 11.5 Å². The minimum Gasteiger partial charge on any atom is -0.497 e. The van der Waals surface area contributed by atoms with Gasteiger partial charge in [-0.25, -0.2) is 12.8 Å². The molecule has 5 nitrogen and oxygen atoms in total. The van der Waals surface area contributed by atoms with E-state index in [-0.39, 0.29) is 11.4 Å². The van der Waals surface area contributed by atoms with Gasteiger partial charge in [0.25, 0.3) is 10.0 Å². The second-order valence-electron chi connectivity index (χ2n) is 5.98. The third-order valence-electron chi connectivity index (χ3n) is 4.25. The first-order valence-electron chi connectivity index (χ1n) is 8.50. The lowest BCUT2D eigenvalue weighted by atomic mass is 10.2. The fraction of sp³-hybridized carbons (Fsp3) is 0.143. The van der Waals surface area contributed by atoms with Crippen LogP contribution in [-0.2, 0) is 16.6 Å². The molecule has 0 aliphatic carbocycles. The zero-order valence-corrected chi connectivity index (χ0v) is 16.3. The summed E-state index contributed by atoms with van der Waals surface area (Å²) >= 11 is 0. The molecule has 0 aliphatic rings. The van der Waals surface area contributed by atoms with Crippen molar-refractivity contribution in [3.05, 3.63) is 84.2 Å². The standard InChI is InChI=1S/C21H20FNO4S/c1-26-19-11-9-18(10-12-19)23(28(24,25)20-6-4-3-5-7-20)15-16-14-17(22)8-13-21(16)27-2/h3-14H,15H2,1-2H3. The first-order valence-corrected chi connectivity index (χ1v) is 9.94. The fourth-order valence-electron chi connectivity index (χ4n) is 2.81. The predicted octanol–water partition coefficient (Wildman–Crippen LogP) is 4.24. The predicted molar refractivity (Wildman–Crippen MR) is 106 cm³/mol. The second-order valence-corrected chi connectivity index (χ2v) is 7.84. The molecule has 28 heavy (non-hydrogen) atoms. The lowest BCUT2D eigenvalue weighted by Crippen LogP contribution is -2.30. The highest BCUT2D eigenvalue weighted by atomic mass is 32.2. The Morgan fingerprint density at radius 3 is 2.18 bits per heavy atom. The van der Waals surface area contributed by atoms with Crippen LogP contribution in [-0.4, -0.2) is 22.6 Å². The maximum absolute atomic E-state index is 13.8. The quantitative estimate of drug-likeness (QED) is 0.594. The molecular weight excluding hydrogens is 381 g/mol. The summed E-state index contributed by atoms with van der Waals surface area (Å²) < 4.78 is 52.1. The molecule has 3 aromatic rings. The highest BCUT2D eigenvalue weighted by Crippen LogP contribution is 2.30. The van der Waals surface area contributed by atoms with Crippen molar-refractivity contribution < 1.29 is 22.3 Å². The average molecular weight is 401 g/mol. The van der Waals surface area contributed by atoms with Crippen molar-refractivity contribution in [1.82, 2.24) is 0 Å². The van der Waals surface area contributed by atoms with Crippen LogP contribution in [0.1, 0.15) is 5.56 Å². The summed E-state index contributed by atoms with van der Waals surface area (Å²) in [5.41, 5.74) is 0.841. The Kier molecular flexibility index (Phi) is 5.84. The molecule has 7 heteroatoms. The summed E-state index contributed by atoms with van der Waals surface area (Å²) in [5, 5.41) is 0. The van der Waals surface area contributed by atoms with Crippen LogP contribution in [0.4, 0.5) is 10.1 Å². The van der Waals surface area contributed by atoms with Gasteiger partial charge in [0, 0.05) is 5.56 Å². The van der Waals surface area contributed by atoms with E-state index in [0.717, 1.165) is 0 Å². The van der Waals surface area contributed by atoms with Crippen LogP contribution in [0.25, 0.3) is 0 Å². The largest absolute Gasteiger partial charge is 0.497 e. The van der Waals surface area contributed by atoms with E-state index in [0.29, 0.717) is 22.7 Å². The van der Waals surface area contributed by atoms with E-state index in [2.05, 4.69) is 0 Å². The molecule has 146 valence electrons. The van der Waals surface area contributed by atoms with Gasteiger partial charge in [0.15, 0.2) is 0 Å². The van der Waals surface area contributed by atoms with Gasteiger partial charge in [-0.2, -0.15) is 0 Å². The van der Waals surface area contributed by atoms with Gasteiger partial charge in [0.2, 0.25) is 0 Å². The van der Waals surface area contributed by atoms with E-state index < -0.39 is 15.8 Å². The third kappa shape index (κ3) is 4.09. The van der Waals surface area contributed by atoms with Crippen molar-refractivity contribution in [3.63, 3.8) is 0 Å². The Labute approximate surface area is 164 Å². The molecule has 0 amide bonds. The Morgan fingerprint density at radius 1 is 0.893 bits per heavy atom. The number of rotatable bonds is 7. The smallest absolute Gasteiger partial charge is 0.264 e. The second kappa shape index (κ2) is 8.31. The van der Waals surface area contributed by atoms with Crippen LogP contribution < -0.4 is 13.8 Å². The molecule has 0 saturated carbocycles. The van der Waals surface area contributed by atoms with E-state index in [1.165, 1.54) is 48.9 Å². The summed E-state index contributed by atoms with van der Waals surface area (Å²) in [7, 11) is -0.904. The fourth-order valence-corrected chi connectivity index (χ4v) is 4.27. The molecule has 3 aromatic carbocycles. The molecular formula is C21H20FNO4S. The zero-order valence-electron chi connectivity index (χ0n) is 15.5. The van der Waals surface area contributed by atoms with Gasteiger partial charge in [-0.15, -0.1) is 0 Å². The van der Waals surface area contributed by atoms with Crippen LogP contribution in [0.5, 0.6) is 11.5 Å². The number of hydrogen-bond donors (Lipinski definition) is 0. The van der Waals surface area contributed by atoms with Crippen molar-refractivity contribution >= 4 is 15.7 Å². The van der Waals surface area contributed by atoms with Gasteiger partial charge in [0.05, 0.1) is 31.3 Å². The van der Waals surface area contributed by atoms with Crippen molar-refractivity contribution in [2.45, 2.75) is 11.4 Å². The Morgan fingerprint density at radius 2 is 1.57 bits per heavy atom. The topological polar surface area (TPSA) is 55.8 Å². The highest BCUT2D eigenvalue weighted by Gasteiger charge is 2.26. The molecule has 0 bridgehead atoms. The van der Waals surface area contributed by atoms with E-state index in [1.807, 2.05) is 0 Å². The van der Waals surface area contributed by atoms with E-state index in [1.54, 1.807) is 42.5 Å². The van der Waals surface area contributed by atoms with Crippen molar-refractivity contribution in [2.75, 3.05) is 18.5 Å². The summed E-state index contributed by atoms with van der Waals surface area (Å²) in [6, 6.07) is 18.8. The van der Waals surface area contributed by atoms with E-state index in [9.17, 15) is 12.8 Å². The highest BCUT2D eigenvalue weighted by molar-refractivity contribution is 7.92. The molecule has 0 aliphatic heterocycles. The Bertz CT molecular complexity index is 1040. The van der Waals surface area contributed by atoms with Crippen LogP contribution in [0.15, 0.2) is 77.7 Å². The normalized spacial score (nSPS) is 11.1. The van der Waals surface area contributed by atoms with E-state index >= 15 is 0 Å². The molecule has 0 heterocycles. The number of hydrogen-bond acceptors (Lipinski definition) is 4. The van der Waals surface area contributed by atoms with Crippen LogP contribution >= 0.6 is 0 Å². The average Bonchev–Trinajstić information content (AvgIpc) is 2.73. The van der Waals surface area contributed by atoms with Crippen molar-refractivity contribution in [2.24, 2.45) is 0 Å². The number of ether oxygens (including phenoxy) is 2.